The van der Waals surface area contributed by atoms with Gasteiger partial charge in [-0.3, -0.25) is 0 Å². The summed E-state index contributed by atoms with van der Waals surface area (Å²) in [7, 11) is 0. The molecule has 0 N–H and O–H groups in total. The molecule has 0 saturated carbocycles. The van der Waals surface area contributed by atoms with Crippen LogP contribution >= 0.6 is 23.2 Å². The molecule has 3 aromatic rings. The van der Waals surface area contributed by atoms with Gasteiger partial charge in [0.05, 0.1) is 35.1 Å². The van der Waals surface area contributed by atoms with Gasteiger partial charge in [-0.2, -0.15) is 5.26 Å². The lowest BCUT2D eigenvalue weighted by Gasteiger charge is -2.09. The molecule has 0 radical (unpaired) electrons. The zero-order valence-electron chi connectivity index (χ0n) is 10.9. The van der Waals surface area contributed by atoms with Crippen LogP contribution in [-0.4, -0.2) is 14.5 Å². The Morgan fingerprint density at radius 1 is 1.24 bits per heavy atom. The van der Waals surface area contributed by atoms with Crippen molar-refractivity contribution in [1.29, 1.82) is 5.26 Å². The molecule has 0 aliphatic rings. The lowest BCUT2D eigenvalue weighted by Crippen LogP contribution is -2.05. The Morgan fingerprint density at radius 3 is 2.81 bits per heavy atom. The number of halogens is 2. The van der Waals surface area contributed by atoms with Crippen molar-refractivity contribution in [1.82, 2.24) is 14.5 Å². The first-order chi connectivity index (χ1) is 10.2. The first-order valence-electron chi connectivity index (χ1n) is 6.30. The number of benzene rings is 1. The first-order valence-corrected chi connectivity index (χ1v) is 7.05. The minimum atomic E-state index is 0.243. The lowest BCUT2D eigenvalue weighted by atomic mass is 10.2. The molecular formula is C15H10Cl2N4. The van der Waals surface area contributed by atoms with E-state index < -0.39 is 0 Å². The fourth-order valence-corrected chi connectivity index (χ4v) is 2.66. The number of aromatic nitrogens is 3. The van der Waals surface area contributed by atoms with Gasteiger partial charge in [-0.05, 0) is 18.2 Å². The van der Waals surface area contributed by atoms with E-state index in [1.54, 1.807) is 12.3 Å². The smallest absolute Gasteiger partial charge is 0.130 e. The van der Waals surface area contributed by atoms with Crippen LogP contribution in [0.1, 0.15) is 11.4 Å². The summed E-state index contributed by atoms with van der Waals surface area (Å²) in [5, 5.41) is 9.88. The summed E-state index contributed by atoms with van der Waals surface area (Å²) in [6, 6.07) is 11.5. The third-order valence-corrected chi connectivity index (χ3v) is 3.75. The number of imidazole rings is 1. The standard InChI is InChI=1S/C15H10Cl2N4/c16-11-7-14(17)19-8-10(11)9-21-13-4-2-1-3-12(13)20-15(21)5-6-18/h1-4,7-8H,5,9H2. The summed E-state index contributed by atoms with van der Waals surface area (Å²) in [6.45, 7) is 0.501. The van der Waals surface area contributed by atoms with Gasteiger partial charge in [0.1, 0.15) is 11.0 Å². The molecule has 0 bridgehead atoms. The van der Waals surface area contributed by atoms with E-state index in [1.165, 1.54) is 0 Å². The molecule has 0 aliphatic heterocycles. The molecule has 0 amide bonds. The van der Waals surface area contributed by atoms with Crippen molar-refractivity contribution in [2.24, 2.45) is 0 Å². The fraction of sp³-hybridized carbons (Fsp3) is 0.133. The van der Waals surface area contributed by atoms with Crippen molar-refractivity contribution in [2.45, 2.75) is 13.0 Å². The molecular weight excluding hydrogens is 307 g/mol. The molecule has 4 nitrogen and oxygen atoms in total. The molecule has 0 unspecified atom stereocenters. The van der Waals surface area contributed by atoms with Crippen molar-refractivity contribution < 1.29 is 0 Å². The van der Waals surface area contributed by atoms with Crippen molar-refractivity contribution in [2.75, 3.05) is 0 Å². The number of hydrogen-bond acceptors (Lipinski definition) is 3. The summed E-state index contributed by atoms with van der Waals surface area (Å²) in [5.41, 5.74) is 2.66. The Labute approximate surface area is 131 Å². The average Bonchev–Trinajstić information content (AvgIpc) is 2.80. The maximum Gasteiger partial charge on any atom is 0.130 e. The fourth-order valence-electron chi connectivity index (χ4n) is 2.23. The topological polar surface area (TPSA) is 54.5 Å². The Hall–Kier alpha value is -2.09. The van der Waals surface area contributed by atoms with E-state index in [9.17, 15) is 0 Å². The molecule has 2 heterocycles. The van der Waals surface area contributed by atoms with Gasteiger partial charge >= 0.3 is 0 Å². The van der Waals surface area contributed by atoms with E-state index in [0.717, 1.165) is 16.6 Å². The zero-order chi connectivity index (χ0) is 14.8. The molecule has 0 spiro atoms. The van der Waals surface area contributed by atoms with Crippen LogP contribution < -0.4 is 0 Å². The molecule has 21 heavy (non-hydrogen) atoms. The maximum atomic E-state index is 8.97. The number of fused-ring (bicyclic) bond motifs is 1. The van der Waals surface area contributed by atoms with Crippen LogP contribution in [0.15, 0.2) is 36.5 Å². The van der Waals surface area contributed by atoms with Gasteiger partial charge in [0.2, 0.25) is 0 Å². The Bertz CT molecular complexity index is 848. The monoisotopic (exact) mass is 316 g/mol. The van der Waals surface area contributed by atoms with Crippen molar-refractivity contribution >= 4 is 34.2 Å². The molecule has 0 aliphatic carbocycles. The molecule has 0 atom stereocenters. The molecule has 2 aromatic heterocycles. The van der Waals surface area contributed by atoms with Crippen molar-refractivity contribution in [3.05, 3.63) is 58.1 Å². The zero-order valence-corrected chi connectivity index (χ0v) is 12.4. The summed E-state index contributed by atoms with van der Waals surface area (Å²) < 4.78 is 1.98. The van der Waals surface area contributed by atoms with Gasteiger partial charge in [-0.25, -0.2) is 9.97 Å². The third-order valence-electron chi connectivity index (χ3n) is 3.20. The normalized spacial score (nSPS) is 10.7. The highest BCUT2D eigenvalue weighted by Crippen LogP contribution is 2.23. The minimum absolute atomic E-state index is 0.243. The van der Waals surface area contributed by atoms with Crippen molar-refractivity contribution in [3.63, 3.8) is 0 Å². The SMILES string of the molecule is N#CCc1nc2ccccc2n1Cc1cnc(Cl)cc1Cl. The number of nitriles is 1. The number of pyridine rings is 1. The number of nitrogens with zero attached hydrogens (tertiary/aromatic N) is 4. The highest BCUT2D eigenvalue weighted by Gasteiger charge is 2.12. The Balaban J connectivity index is 2.10. The highest BCUT2D eigenvalue weighted by molar-refractivity contribution is 6.34. The van der Waals surface area contributed by atoms with Gasteiger partial charge in [-0.15, -0.1) is 0 Å². The van der Waals surface area contributed by atoms with Crippen molar-refractivity contribution in [3.8, 4) is 6.07 Å². The summed E-state index contributed by atoms with van der Waals surface area (Å²) in [5.74, 6) is 0.713. The molecule has 0 fully saturated rings. The van der Waals surface area contributed by atoms with E-state index in [4.69, 9.17) is 28.5 Å². The largest absolute Gasteiger partial charge is 0.322 e. The Kier molecular flexibility index (Phi) is 3.78. The van der Waals surface area contributed by atoms with Crippen LogP contribution in [0.5, 0.6) is 0 Å². The van der Waals surface area contributed by atoms with Gasteiger partial charge < -0.3 is 4.57 Å². The molecule has 0 saturated heterocycles. The quantitative estimate of drug-likeness (QED) is 0.689. The molecule has 6 heteroatoms. The summed E-state index contributed by atoms with van der Waals surface area (Å²) >= 11 is 12.0. The van der Waals surface area contributed by atoms with Crippen LogP contribution in [0.25, 0.3) is 11.0 Å². The third kappa shape index (κ3) is 2.71. The number of para-hydroxylation sites is 2. The number of rotatable bonds is 3. The van der Waals surface area contributed by atoms with E-state index in [0.29, 0.717) is 22.5 Å². The molecule has 104 valence electrons. The second-order valence-electron chi connectivity index (χ2n) is 4.54. The van der Waals surface area contributed by atoms with Gasteiger partial charge in [0, 0.05) is 11.8 Å². The van der Waals surface area contributed by atoms with E-state index in [1.807, 2.05) is 28.8 Å². The van der Waals surface area contributed by atoms with Gasteiger partial charge in [-0.1, -0.05) is 35.3 Å². The second-order valence-corrected chi connectivity index (χ2v) is 5.33. The van der Waals surface area contributed by atoms with Gasteiger partial charge in [0.25, 0.3) is 0 Å². The molecule has 1 aromatic carbocycles. The first kappa shape index (κ1) is 13.9. The van der Waals surface area contributed by atoms with Crippen LogP contribution in [0.3, 0.4) is 0 Å². The highest BCUT2D eigenvalue weighted by atomic mass is 35.5. The number of hydrogen-bond donors (Lipinski definition) is 0. The Morgan fingerprint density at radius 2 is 2.05 bits per heavy atom. The van der Waals surface area contributed by atoms with Gasteiger partial charge in [0.15, 0.2) is 0 Å². The van der Waals surface area contributed by atoms with E-state index in [-0.39, 0.29) is 6.42 Å². The van der Waals surface area contributed by atoms with E-state index in [2.05, 4.69) is 16.0 Å². The molecule has 3 rings (SSSR count). The summed E-state index contributed by atoms with van der Waals surface area (Å²) in [4.78, 5) is 8.56. The minimum Gasteiger partial charge on any atom is -0.322 e. The van der Waals surface area contributed by atoms with Crippen LogP contribution in [-0.2, 0) is 13.0 Å². The summed E-state index contributed by atoms with van der Waals surface area (Å²) in [6.07, 6.45) is 1.89. The lowest BCUT2D eigenvalue weighted by molar-refractivity contribution is 0.767. The average molecular weight is 317 g/mol. The second kappa shape index (κ2) is 5.72. The van der Waals surface area contributed by atoms with Crippen LogP contribution in [0, 0.1) is 11.3 Å². The van der Waals surface area contributed by atoms with E-state index >= 15 is 0 Å². The van der Waals surface area contributed by atoms with Crippen LogP contribution in [0.2, 0.25) is 10.2 Å². The predicted molar refractivity (Wildman–Crippen MR) is 82.4 cm³/mol. The van der Waals surface area contributed by atoms with Crippen LogP contribution in [0.4, 0.5) is 0 Å². The maximum absolute atomic E-state index is 8.97. The predicted octanol–water partition coefficient (Wildman–Crippen LogP) is 3.85.